The van der Waals surface area contributed by atoms with E-state index < -0.39 is 17.2 Å². The highest BCUT2D eigenvalue weighted by atomic mass is 16.6. The summed E-state index contributed by atoms with van der Waals surface area (Å²) in [4.78, 5) is 25.4. The van der Waals surface area contributed by atoms with Crippen LogP contribution in [-0.2, 0) is 4.74 Å². The maximum atomic E-state index is 12.0. The summed E-state index contributed by atoms with van der Waals surface area (Å²) in [6.07, 6.45) is -0.489. The van der Waals surface area contributed by atoms with Crippen LogP contribution in [0.25, 0.3) is 0 Å². The SMILES string of the molecule is CN(CC(C)(C)NC(=O)OC(C)(C)C)C(=O)NC(C)(C)C. The lowest BCUT2D eigenvalue weighted by atomic mass is 10.1. The number of carbonyl (C=O) groups excluding carboxylic acids is 2. The van der Waals surface area contributed by atoms with E-state index in [2.05, 4.69) is 10.6 Å². The second-order valence-electron chi connectivity index (χ2n) is 8.05. The van der Waals surface area contributed by atoms with Crippen molar-refractivity contribution in [2.24, 2.45) is 0 Å². The minimum absolute atomic E-state index is 0.179. The molecule has 0 aliphatic carbocycles. The van der Waals surface area contributed by atoms with E-state index in [4.69, 9.17) is 4.74 Å². The van der Waals surface area contributed by atoms with Gasteiger partial charge in [-0.2, -0.15) is 0 Å². The Hall–Kier alpha value is -1.46. The maximum Gasteiger partial charge on any atom is 0.408 e. The minimum Gasteiger partial charge on any atom is -0.444 e. The number of amides is 3. The molecule has 0 bridgehead atoms. The Morgan fingerprint density at radius 1 is 0.952 bits per heavy atom. The molecule has 0 saturated heterocycles. The molecule has 0 aromatic rings. The molecule has 0 fully saturated rings. The molecule has 124 valence electrons. The first-order valence-corrected chi connectivity index (χ1v) is 7.16. The van der Waals surface area contributed by atoms with Crippen molar-refractivity contribution in [2.75, 3.05) is 13.6 Å². The zero-order valence-electron chi connectivity index (χ0n) is 14.9. The van der Waals surface area contributed by atoms with Gasteiger partial charge in [-0.1, -0.05) is 0 Å². The molecule has 2 N–H and O–H groups in total. The second-order valence-corrected chi connectivity index (χ2v) is 8.05. The molecule has 6 heteroatoms. The Labute approximate surface area is 128 Å². The maximum absolute atomic E-state index is 12.0. The van der Waals surface area contributed by atoms with E-state index in [9.17, 15) is 9.59 Å². The third-order valence-corrected chi connectivity index (χ3v) is 2.30. The number of hydrogen-bond acceptors (Lipinski definition) is 3. The van der Waals surface area contributed by atoms with Gasteiger partial charge in [-0.3, -0.25) is 0 Å². The Kier molecular flexibility index (Phi) is 6.08. The molecule has 0 aromatic carbocycles. The molecule has 0 aliphatic heterocycles. The zero-order chi connectivity index (χ0) is 17.1. The van der Waals surface area contributed by atoms with Gasteiger partial charge in [0.25, 0.3) is 0 Å². The van der Waals surface area contributed by atoms with Gasteiger partial charge in [0.05, 0.1) is 5.54 Å². The summed E-state index contributed by atoms with van der Waals surface area (Å²) in [5.74, 6) is 0. The first-order valence-electron chi connectivity index (χ1n) is 7.16. The van der Waals surface area contributed by atoms with Crippen LogP contribution in [0.15, 0.2) is 0 Å². The van der Waals surface area contributed by atoms with Gasteiger partial charge in [-0.05, 0) is 55.4 Å². The van der Waals surface area contributed by atoms with Gasteiger partial charge in [-0.25, -0.2) is 9.59 Å². The first-order chi connectivity index (χ1) is 9.11. The Balaban J connectivity index is 4.53. The number of nitrogens with one attached hydrogen (secondary N) is 2. The van der Waals surface area contributed by atoms with E-state index in [-0.39, 0.29) is 11.6 Å². The number of likely N-dealkylation sites (N-methyl/N-ethyl adjacent to an activating group) is 1. The van der Waals surface area contributed by atoms with Crippen molar-refractivity contribution in [3.63, 3.8) is 0 Å². The molecule has 21 heavy (non-hydrogen) atoms. The fraction of sp³-hybridized carbons (Fsp3) is 0.867. The van der Waals surface area contributed by atoms with E-state index >= 15 is 0 Å². The highest BCUT2D eigenvalue weighted by Crippen LogP contribution is 2.11. The molecule has 0 rings (SSSR count). The molecular weight excluding hydrogens is 270 g/mol. The van der Waals surface area contributed by atoms with Gasteiger partial charge >= 0.3 is 12.1 Å². The summed E-state index contributed by atoms with van der Waals surface area (Å²) in [7, 11) is 1.69. The molecule has 0 unspecified atom stereocenters. The molecule has 6 nitrogen and oxygen atoms in total. The number of urea groups is 1. The summed E-state index contributed by atoms with van der Waals surface area (Å²) < 4.78 is 5.23. The molecule has 0 aromatic heterocycles. The Morgan fingerprint density at radius 3 is 1.81 bits per heavy atom. The monoisotopic (exact) mass is 301 g/mol. The number of ether oxygens (including phenoxy) is 1. The predicted octanol–water partition coefficient (Wildman–Crippen LogP) is 2.73. The van der Waals surface area contributed by atoms with Crippen molar-refractivity contribution >= 4 is 12.1 Å². The summed E-state index contributed by atoms with van der Waals surface area (Å²) in [6, 6.07) is -0.179. The standard InChI is InChI=1S/C15H31N3O3/c1-13(2,3)16-11(19)18(9)10-15(7,8)17-12(20)21-14(4,5)6/h10H2,1-9H3,(H,16,19)(H,17,20). The van der Waals surface area contributed by atoms with Gasteiger partial charge in [-0.15, -0.1) is 0 Å². The van der Waals surface area contributed by atoms with E-state index in [0.29, 0.717) is 6.54 Å². The minimum atomic E-state index is -0.591. The van der Waals surface area contributed by atoms with Crippen molar-refractivity contribution in [3.05, 3.63) is 0 Å². The van der Waals surface area contributed by atoms with Crippen molar-refractivity contribution in [1.82, 2.24) is 15.5 Å². The van der Waals surface area contributed by atoms with Crippen LogP contribution in [0.2, 0.25) is 0 Å². The van der Waals surface area contributed by atoms with Gasteiger partial charge in [0.1, 0.15) is 5.60 Å². The average molecular weight is 301 g/mol. The quantitative estimate of drug-likeness (QED) is 0.842. The highest BCUT2D eigenvalue weighted by Gasteiger charge is 2.28. The molecule has 0 saturated carbocycles. The fourth-order valence-corrected chi connectivity index (χ4v) is 1.70. The highest BCUT2D eigenvalue weighted by molar-refractivity contribution is 5.75. The van der Waals surface area contributed by atoms with Crippen molar-refractivity contribution in [1.29, 1.82) is 0 Å². The van der Waals surface area contributed by atoms with Crippen LogP contribution in [0.1, 0.15) is 55.4 Å². The lowest BCUT2D eigenvalue weighted by Crippen LogP contribution is -2.56. The molecule has 3 amide bonds. The van der Waals surface area contributed by atoms with Crippen molar-refractivity contribution < 1.29 is 14.3 Å². The lowest BCUT2D eigenvalue weighted by Gasteiger charge is -2.33. The van der Waals surface area contributed by atoms with E-state index in [1.165, 1.54) is 0 Å². The van der Waals surface area contributed by atoms with E-state index in [1.807, 2.05) is 55.4 Å². The third kappa shape index (κ3) is 9.98. The smallest absolute Gasteiger partial charge is 0.408 e. The van der Waals surface area contributed by atoms with Crippen LogP contribution in [-0.4, -0.2) is 47.3 Å². The molecular formula is C15H31N3O3. The Bertz CT molecular complexity index is 379. The number of hydrogen-bond donors (Lipinski definition) is 2. The van der Waals surface area contributed by atoms with E-state index in [1.54, 1.807) is 11.9 Å². The molecule has 0 atom stereocenters. The summed E-state index contributed by atoms with van der Waals surface area (Å²) >= 11 is 0. The predicted molar refractivity (Wildman–Crippen MR) is 84.4 cm³/mol. The van der Waals surface area contributed by atoms with E-state index in [0.717, 1.165) is 0 Å². The number of carbonyl (C=O) groups is 2. The Morgan fingerprint density at radius 2 is 1.43 bits per heavy atom. The number of nitrogens with zero attached hydrogens (tertiary/aromatic N) is 1. The summed E-state index contributed by atoms with van der Waals surface area (Å²) in [5, 5.41) is 5.65. The molecule has 0 aliphatic rings. The average Bonchev–Trinajstić information content (AvgIpc) is 2.08. The number of alkyl carbamates (subject to hydrolysis) is 1. The molecule has 0 heterocycles. The normalized spacial score (nSPS) is 12.6. The largest absolute Gasteiger partial charge is 0.444 e. The second kappa shape index (κ2) is 6.54. The summed E-state index contributed by atoms with van der Waals surface area (Å²) in [6.45, 7) is 15.2. The van der Waals surface area contributed by atoms with Crippen LogP contribution in [0, 0.1) is 0 Å². The summed E-state index contributed by atoms with van der Waals surface area (Å²) in [5.41, 5.74) is -1.43. The topological polar surface area (TPSA) is 70.7 Å². The van der Waals surface area contributed by atoms with Gasteiger partial charge in [0.2, 0.25) is 0 Å². The van der Waals surface area contributed by atoms with Crippen molar-refractivity contribution in [2.45, 2.75) is 72.1 Å². The van der Waals surface area contributed by atoms with Gasteiger partial charge in [0, 0.05) is 19.1 Å². The molecule has 0 radical (unpaired) electrons. The fourth-order valence-electron chi connectivity index (χ4n) is 1.70. The zero-order valence-corrected chi connectivity index (χ0v) is 14.9. The van der Waals surface area contributed by atoms with Crippen molar-refractivity contribution in [3.8, 4) is 0 Å². The number of rotatable bonds is 3. The lowest BCUT2D eigenvalue weighted by molar-refractivity contribution is 0.0458. The van der Waals surface area contributed by atoms with Crippen LogP contribution in [0.3, 0.4) is 0 Å². The molecule has 0 spiro atoms. The van der Waals surface area contributed by atoms with Crippen LogP contribution in [0.4, 0.5) is 9.59 Å². The van der Waals surface area contributed by atoms with Gasteiger partial charge in [0.15, 0.2) is 0 Å². The first kappa shape index (κ1) is 19.5. The van der Waals surface area contributed by atoms with Crippen LogP contribution >= 0.6 is 0 Å². The van der Waals surface area contributed by atoms with Crippen LogP contribution < -0.4 is 10.6 Å². The van der Waals surface area contributed by atoms with Crippen LogP contribution in [0.5, 0.6) is 0 Å². The van der Waals surface area contributed by atoms with Gasteiger partial charge < -0.3 is 20.3 Å². The third-order valence-electron chi connectivity index (χ3n) is 2.30.